The smallest absolute Gasteiger partial charge is 0.368 e. The van der Waals surface area contributed by atoms with Crippen LogP contribution < -0.4 is 5.63 Å². The SMILES string of the molecule is O=c1oc(-c2ccccc2Cl)nn2nnc(-c3ccccc3)c12. The first-order valence-corrected chi connectivity index (χ1v) is 7.19. The summed E-state index contributed by atoms with van der Waals surface area (Å²) in [6, 6.07) is 16.2. The van der Waals surface area contributed by atoms with E-state index in [1.807, 2.05) is 30.3 Å². The van der Waals surface area contributed by atoms with Gasteiger partial charge in [0.1, 0.15) is 5.69 Å². The Hall–Kier alpha value is -2.99. The molecule has 0 spiro atoms. The number of nitrogens with zero attached hydrogens (tertiary/aromatic N) is 4. The van der Waals surface area contributed by atoms with Gasteiger partial charge in [-0.05, 0) is 17.3 Å². The molecule has 0 N–H and O–H groups in total. The van der Waals surface area contributed by atoms with E-state index in [9.17, 15) is 4.79 Å². The molecule has 0 radical (unpaired) electrons. The first-order valence-electron chi connectivity index (χ1n) is 6.81. The van der Waals surface area contributed by atoms with Crippen LogP contribution in [0.15, 0.2) is 63.8 Å². The summed E-state index contributed by atoms with van der Waals surface area (Å²) in [5.41, 5.74) is 1.33. The summed E-state index contributed by atoms with van der Waals surface area (Å²) in [6.45, 7) is 0. The molecule has 112 valence electrons. The summed E-state index contributed by atoms with van der Waals surface area (Å²) < 4.78 is 6.50. The number of halogens is 1. The minimum absolute atomic E-state index is 0.0950. The normalized spacial score (nSPS) is 11.0. The highest BCUT2D eigenvalue weighted by molar-refractivity contribution is 6.33. The van der Waals surface area contributed by atoms with E-state index in [-0.39, 0.29) is 11.4 Å². The molecule has 4 aromatic rings. The molecule has 0 unspecified atom stereocenters. The quantitative estimate of drug-likeness (QED) is 0.566. The second-order valence-electron chi connectivity index (χ2n) is 4.82. The van der Waals surface area contributed by atoms with Crippen molar-refractivity contribution < 1.29 is 4.42 Å². The molecule has 4 rings (SSSR count). The van der Waals surface area contributed by atoms with Gasteiger partial charge in [0.2, 0.25) is 5.52 Å². The fourth-order valence-electron chi connectivity index (χ4n) is 2.30. The van der Waals surface area contributed by atoms with E-state index < -0.39 is 5.63 Å². The third-order valence-electron chi connectivity index (χ3n) is 3.37. The fourth-order valence-corrected chi connectivity index (χ4v) is 2.52. The number of benzene rings is 2. The molecule has 7 heteroatoms. The van der Waals surface area contributed by atoms with E-state index >= 15 is 0 Å². The lowest BCUT2D eigenvalue weighted by Crippen LogP contribution is -2.09. The molecule has 2 aromatic carbocycles. The maximum Gasteiger partial charge on any atom is 0.368 e. The van der Waals surface area contributed by atoms with Gasteiger partial charge in [-0.25, -0.2) is 4.79 Å². The number of hydrogen-bond donors (Lipinski definition) is 0. The van der Waals surface area contributed by atoms with Crippen molar-refractivity contribution >= 4 is 17.1 Å². The van der Waals surface area contributed by atoms with E-state index in [1.54, 1.807) is 24.3 Å². The lowest BCUT2D eigenvalue weighted by molar-refractivity contribution is 0.486. The average molecular weight is 325 g/mol. The van der Waals surface area contributed by atoms with E-state index in [2.05, 4.69) is 15.4 Å². The Balaban J connectivity index is 1.95. The largest absolute Gasteiger partial charge is 0.400 e. The van der Waals surface area contributed by atoms with Crippen molar-refractivity contribution in [2.75, 3.05) is 0 Å². The Kier molecular flexibility index (Phi) is 3.17. The van der Waals surface area contributed by atoms with Gasteiger partial charge in [0.15, 0.2) is 0 Å². The average Bonchev–Trinajstić information content (AvgIpc) is 3.00. The van der Waals surface area contributed by atoms with Crippen LogP contribution >= 0.6 is 11.6 Å². The molecule has 0 bridgehead atoms. The van der Waals surface area contributed by atoms with Crippen LogP contribution in [0.1, 0.15) is 0 Å². The van der Waals surface area contributed by atoms with Crippen molar-refractivity contribution in [2.24, 2.45) is 0 Å². The van der Waals surface area contributed by atoms with Crippen LogP contribution in [-0.4, -0.2) is 20.0 Å². The third-order valence-corrected chi connectivity index (χ3v) is 3.70. The van der Waals surface area contributed by atoms with Crippen molar-refractivity contribution in [3.05, 3.63) is 70.0 Å². The minimum atomic E-state index is -0.571. The van der Waals surface area contributed by atoms with Gasteiger partial charge in [-0.15, -0.1) is 14.8 Å². The monoisotopic (exact) mass is 324 g/mol. The topological polar surface area (TPSA) is 73.3 Å². The van der Waals surface area contributed by atoms with Gasteiger partial charge in [-0.2, -0.15) is 0 Å². The van der Waals surface area contributed by atoms with Crippen LogP contribution in [0.4, 0.5) is 0 Å². The lowest BCUT2D eigenvalue weighted by Gasteiger charge is -2.01. The first kappa shape index (κ1) is 13.7. The van der Waals surface area contributed by atoms with E-state index in [0.717, 1.165) is 5.56 Å². The first-order chi connectivity index (χ1) is 11.2. The fraction of sp³-hybridized carbons (Fsp3) is 0. The highest BCUT2D eigenvalue weighted by Gasteiger charge is 2.17. The zero-order valence-corrected chi connectivity index (χ0v) is 12.4. The van der Waals surface area contributed by atoms with Crippen molar-refractivity contribution in [3.63, 3.8) is 0 Å². The van der Waals surface area contributed by atoms with Crippen molar-refractivity contribution in [3.8, 4) is 22.7 Å². The van der Waals surface area contributed by atoms with Gasteiger partial charge >= 0.3 is 5.63 Å². The van der Waals surface area contributed by atoms with Gasteiger partial charge in [-0.1, -0.05) is 54.1 Å². The molecule has 0 saturated carbocycles. The Labute approximate surface area is 134 Å². The molecule has 0 fully saturated rings. The number of rotatable bonds is 2. The molecule has 2 aromatic heterocycles. The molecule has 2 heterocycles. The highest BCUT2D eigenvalue weighted by Crippen LogP contribution is 2.26. The summed E-state index contributed by atoms with van der Waals surface area (Å²) >= 11 is 6.12. The molecule has 0 aliphatic carbocycles. The molecule has 0 aliphatic rings. The van der Waals surface area contributed by atoms with E-state index in [0.29, 0.717) is 16.3 Å². The molecule has 0 saturated heterocycles. The highest BCUT2D eigenvalue weighted by atomic mass is 35.5. The summed E-state index contributed by atoms with van der Waals surface area (Å²) in [4.78, 5) is 12.4. The zero-order chi connectivity index (χ0) is 15.8. The van der Waals surface area contributed by atoms with Gasteiger partial charge in [0.05, 0.1) is 10.6 Å². The molecule has 6 nitrogen and oxygen atoms in total. The Morgan fingerprint density at radius 3 is 2.52 bits per heavy atom. The number of hydrogen-bond acceptors (Lipinski definition) is 5. The van der Waals surface area contributed by atoms with Gasteiger partial charge < -0.3 is 4.42 Å². The van der Waals surface area contributed by atoms with E-state index in [1.165, 1.54) is 4.63 Å². The molecular weight excluding hydrogens is 316 g/mol. The van der Waals surface area contributed by atoms with Gasteiger partial charge in [-0.3, -0.25) is 0 Å². The minimum Gasteiger partial charge on any atom is -0.400 e. The van der Waals surface area contributed by atoms with Crippen LogP contribution in [-0.2, 0) is 0 Å². The summed E-state index contributed by atoms with van der Waals surface area (Å²) in [5, 5.41) is 12.6. The second kappa shape index (κ2) is 5.33. The zero-order valence-electron chi connectivity index (χ0n) is 11.7. The lowest BCUT2D eigenvalue weighted by atomic mass is 10.1. The van der Waals surface area contributed by atoms with Crippen LogP contribution in [0.2, 0.25) is 5.02 Å². The predicted molar refractivity (Wildman–Crippen MR) is 85.2 cm³/mol. The molecule has 0 aliphatic heterocycles. The molecule has 23 heavy (non-hydrogen) atoms. The van der Waals surface area contributed by atoms with Crippen molar-refractivity contribution in [2.45, 2.75) is 0 Å². The maximum atomic E-state index is 12.4. The predicted octanol–water partition coefficient (Wildman–Crippen LogP) is 3.06. The Morgan fingerprint density at radius 1 is 1.00 bits per heavy atom. The third kappa shape index (κ3) is 2.29. The number of aromatic nitrogens is 4. The summed E-state index contributed by atoms with van der Waals surface area (Å²) in [5.74, 6) is 0.0950. The van der Waals surface area contributed by atoms with Crippen molar-refractivity contribution in [1.82, 2.24) is 20.0 Å². The van der Waals surface area contributed by atoms with Gasteiger partial charge in [0, 0.05) is 5.56 Å². The summed E-state index contributed by atoms with van der Waals surface area (Å²) in [6.07, 6.45) is 0. The standard InChI is InChI=1S/C16H9ClN4O2/c17-12-9-5-4-8-11(12)15-19-21-14(16(22)23-15)13(18-20-21)10-6-2-1-3-7-10/h1-9H. The number of fused-ring (bicyclic) bond motifs is 1. The van der Waals surface area contributed by atoms with Crippen molar-refractivity contribution in [1.29, 1.82) is 0 Å². The second-order valence-corrected chi connectivity index (χ2v) is 5.22. The Morgan fingerprint density at radius 2 is 1.74 bits per heavy atom. The van der Waals surface area contributed by atoms with Gasteiger partial charge in [0.25, 0.3) is 5.89 Å². The van der Waals surface area contributed by atoms with Crippen LogP contribution in [0.5, 0.6) is 0 Å². The molecule has 0 amide bonds. The summed E-state index contributed by atoms with van der Waals surface area (Å²) in [7, 11) is 0. The Bertz CT molecular complexity index is 1060. The van der Waals surface area contributed by atoms with Crippen LogP contribution in [0.3, 0.4) is 0 Å². The van der Waals surface area contributed by atoms with Crippen LogP contribution in [0.25, 0.3) is 28.2 Å². The van der Waals surface area contributed by atoms with E-state index in [4.69, 9.17) is 16.0 Å². The molecule has 0 atom stereocenters. The molecular formula is C16H9ClN4O2. The maximum absolute atomic E-state index is 12.4. The van der Waals surface area contributed by atoms with Crippen LogP contribution in [0, 0.1) is 0 Å².